The maximum atomic E-state index is 12.8. The maximum absolute atomic E-state index is 12.8. The molecule has 2 heterocycles. The molecule has 27 heavy (non-hydrogen) atoms. The molecule has 1 aromatic heterocycles. The highest BCUT2D eigenvalue weighted by Crippen LogP contribution is 2.31. The first-order chi connectivity index (χ1) is 12.6. The van der Waals surface area contributed by atoms with Crippen LogP contribution in [-0.2, 0) is 16.0 Å². The topological polar surface area (TPSA) is 88.2 Å². The van der Waals surface area contributed by atoms with E-state index in [9.17, 15) is 26.4 Å². The van der Waals surface area contributed by atoms with Crippen LogP contribution in [0.3, 0.4) is 0 Å². The molecule has 1 fully saturated rings. The molecular weight excluding hydrogens is 383 g/mol. The quantitative estimate of drug-likeness (QED) is 0.826. The fourth-order valence-corrected chi connectivity index (χ4v) is 4.41. The number of nitrogens with one attached hydrogen (secondary N) is 2. The number of carbonyl (C=O) groups is 1. The normalized spacial score (nSPS) is 18.9. The Labute approximate surface area is 153 Å². The van der Waals surface area contributed by atoms with Crippen LogP contribution in [0.1, 0.15) is 22.5 Å². The van der Waals surface area contributed by atoms with Gasteiger partial charge in [-0.25, -0.2) is 8.42 Å². The highest BCUT2D eigenvalue weighted by atomic mass is 32.2. The van der Waals surface area contributed by atoms with Gasteiger partial charge in [0.15, 0.2) is 9.84 Å². The van der Waals surface area contributed by atoms with Gasteiger partial charge in [-0.05, 0) is 36.8 Å². The van der Waals surface area contributed by atoms with Crippen LogP contribution >= 0.6 is 0 Å². The summed E-state index contributed by atoms with van der Waals surface area (Å²) in [5.41, 5.74) is -0.156. The van der Waals surface area contributed by atoms with E-state index in [0.717, 1.165) is 12.1 Å². The van der Waals surface area contributed by atoms with Crippen molar-refractivity contribution in [1.29, 1.82) is 0 Å². The number of carbonyl (C=O) groups excluding carboxylic acids is 1. The molecular formula is C17H16F3N3O3S. The average Bonchev–Trinajstić information content (AvgIpc) is 2.93. The van der Waals surface area contributed by atoms with E-state index in [1.165, 1.54) is 30.5 Å². The second-order valence-corrected chi connectivity index (χ2v) is 8.44. The number of sulfone groups is 1. The first-order valence-electron chi connectivity index (χ1n) is 8.04. The molecule has 1 aliphatic rings. The van der Waals surface area contributed by atoms with E-state index in [1.807, 2.05) is 0 Å². The summed E-state index contributed by atoms with van der Waals surface area (Å²) in [7, 11) is -3.13. The Balaban J connectivity index is 1.71. The lowest BCUT2D eigenvalue weighted by Crippen LogP contribution is -2.36. The third-order valence-corrected chi connectivity index (χ3v) is 5.81. The molecule has 0 aliphatic carbocycles. The third-order valence-electron chi connectivity index (χ3n) is 4.04. The fraction of sp³-hybridized carbons (Fsp3) is 0.294. The number of halogens is 3. The summed E-state index contributed by atoms with van der Waals surface area (Å²) in [4.78, 5) is 16.2. The van der Waals surface area contributed by atoms with Gasteiger partial charge in [0.05, 0.1) is 17.1 Å². The molecule has 0 saturated carbocycles. The molecule has 2 aromatic rings. The number of amides is 1. The van der Waals surface area contributed by atoms with Crippen molar-refractivity contribution in [3.05, 3.63) is 53.9 Å². The Morgan fingerprint density at radius 1 is 1.15 bits per heavy atom. The summed E-state index contributed by atoms with van der Waals surface area (Å²) in [5.74, 6) is -0.617. The van der Waals surface area contributed by atoms with Crippen molar-refractivity contribution in [2.24, 2.45) is 0 Å². The zero-order valence-corrected chi connectivity index (χ0v) is 14.8. The van der Waals surface area contributed by atoms with E-state index >= 15 is 0 Å². The molecule has 1 saturated heterocycles. The van der Waals surface area contributed by atoms with Crippen molar-refractivity contribution < 1.29 is 26.4 Å². The van der Waals surface area contributed by atoms with Crippen LogP contribution in [0.5, 0.6) is 0 Å². The number of rotatable bonds is 4. The van der Waals surface area contributed by atoms with Crippen molar-refractivity contribution >= 4 is 27.1 Å². The lowest BCUT2D eigenvalue weighted by molar-refractivity contribution is -0.137. The molecule has 0 bridgehead atoms. The Morgan fingerprint density at radius 2 is 1.89 bits per heavy atom. The summed E-state index contributed by atoms with van der Waals surface area (Å²) < 4.78 is 61.3. The van der Waals surface area contributed by atoms with Gasteiger partial charge in [-0.3, -0.25) is 9.78 Å². The van der Waals surface area contributed by atoms with Gasteiger partial charge in [0.2, 0.25) is 0 Å². The largest absolute Gasteiger partial charge is 0.416 e. The van der Waals surface area contributed by atoms with Crippen molar-refractivity contribution in [2.45, 2.75) is 18.6 Å². The SMILES string of the molecule is O=C(NC1CCS(=O)(=O)C1)c1cc(Nc2cccc(C(F)(F)F)c2)ccn1. The van der Waals surface area contributed by atoms with Gasteiger partial charge < -0.3 is 10.6 Å². The van der Waals surface area contributed by atoms with Gasteiger partial charge in [-0.15, -0.1) is 0 Å². The van der Waals surface area contributed by atoms with E-state index in [0.29, 0.717) is 12.1 Å². The van der Waals surface area contributed by atoms with Gasteiger partial charge in [-0.2, -0.15) is 13.2 Å². The predicted molar refractivity (Wildman–Crippen MR) is 93.5 cm³/mol. The van der Waals surface area contributed by atoms with E-state index in [4.69, 9.17) is 0 Å². The molecule has 0 radical (unpaired) electrons. The first kappa shape index (κ1) is 19.2. The van der Waals surface area contributed by atoms with Crippen molar-refractivity contribution in [2.75, 3.05) is 16.8 Å². The van der Waals surface area contributed by atoms with Gasteiger partial charge in [0.25, 0.3) is 5.91 Å². The number of hydrogen-bond donors (Lipinski definition) is 2. The minimum Gasteiger partial charge on any atom is -0.355 e. The van der Waals surface area contributed by atoms with Crippen LogP contribution in [0.4, 0.5) is 24.5 Å². The van der Waals surface area contributed by atoms with Gasteiger partial charge in [0, 0.05) is 23.6 Å². The Morgan fingerprint density at radius 3 is 2.56 bits per heavy atom. The Bertz CT molecular complexity index is 961. The smallest absolute Gasteiger partial charge is 0.355 e. The molecule has 3 rings (SSSR count). The lowest BCUT2D eigenvalue weighted by Gasteiger charge is -2.12. The molecule has 2 N–H and O–H groups in total. The van der Waals surface area contributed by atoms with Crippen molar-refractivity contribution in [3.63, 3.8) is 0 Å². The molecule has 1 aliphatic heterocycles. The standard InChI is InChI=1S/C17H16F3N3O3S/c18-17(19,20)11-2-1-3-12(8-11)22-13-4-6-21-15(9-13)16(24)23-14-5-7-27(25,26)10-14/h1-4,6,8-9,14H,5,7,10H2,(H,21,22)(H,23,24). The lowest BCUT2D eigenvalue weighted by atomic mass is 10.2. The molecule has 1 unspecified atom stereocenters. The van der Waals surface area contributed by atoms with Crippen LogP contribution in [-0.4, -0.2) is 36.9 Å². The van der Waals surface area contributed by atoms with E-state index in [1.54, 1.807) is 0 Å². The number of benzene rings is 1. The second-order valence-electron chi connectivity index (χ2n) is 6.21. The summed E-state index contributed by atoms with van der Waals surface area (Å²) in [6.07, 6.45) is -2.77. The second kappa shape index (κ2) is 7.18. The van der Waals surface area contributed by atoms with Crippen LogP contribution < -0.4 is 10.6 Å². The molecule has 0 spiro atoms. The van der Waals surface area contributed by atoms with E-state index in [2.05, 4.69) is 15.6 Å². The highest BCUT2D eigenvalue weighted by molar-refractivity contribution is 7.91. The third kappa shape index (κ3) is 4.97. The summed E-state index contributed by atoms with van der Waals surface area (Å²) in [5, 5.41) is 5.42. The summed E-state index contributed by atoms with van der Waals surface area (Å²) in [6, 6.07) is 7.11. The van der Waals surface area contributed by atoms with Gasteiger partial charge in [0.1, 0.15) is 5.69 Å². The van der Waals surface area contributed by atoms with Gasteiger partial charge in [-0.1, -0.05) is 6.07 Å². The first-order valence-corrected chi connectivity index (χ1v) is 9.86. The Hall–Kier alpha value is -2.62. The van der Waals surface area contributed by atoms with E-state index < -0.39 is 33.5 Å². The maximum Gasteiger partial charge on any atom is 0.416 e. The van der Waals surface area contributed by atoms with E-state index in [-0.39, 0.29) is 22.9 Å². The predicted octanol–water partition coefficient (Wildman–Crippen LogP) is 2.76. The minimum absolute atomic E-state index is 0.0303. The molecule has 144 valence electrons. The zero-order valence-electron chi connectivity index (χ0n) is 14.0. The molecule has 6 nitrogen and oxygen atoms in total. The summed E-state index contributed by atoms with van der Waals surface area (Å²) in [6.45, 7) is 0. The number of anilines is 2. The molecule has 1 amide bonds. The van der Waals surface area contributed by atoms with Crippen LogP contribution in [0.25, 0.3) is 0 Å². The van der Waals surface area contributed by atoms with Crippen LogP contribution in [0.2, 0.25) is 0 Å². The monoisotopic (exact) mass is 399 g/mol. The molecule has 1 aromatic carbocycles. The van der Waals surface area contributed by atoms with Crippen molar-refractivity contribution in [3.8, 4) is 0 Å². The van der Waals surface area contributed by atoms with Crippen LogP contribution in [0, 0.1) is 0 Å². The average molecular weight is 399 g/mol. The number of aromatic nitrogens is 1. The molecule has 1 atom stereocenters. The zero-order chi connectivity index (χ0) is 19.7. The summed E-state index contributed by atoms with van der Waals surface area (Å²) >= 11 is 0. The number of nitrogens with zero attached hydrogens (tertiary/aromatic N) is 1. The number of hydrogen-bond acceptors (Lipinski definition) is 5. The van der Waals surface area contributed by atoms with Crippen molar-refractivity contribution in [1.82, 2.24) is 10.3 Å². The number of pyridine rings is 1. The molecule has 10 heteroatoms. The highest BCUT2D eigenvalue weighted by Gasteiger charge is 2.31. The number of alkyl halides is 3. The van der Waals surface area contributed by atoms with Crippen LogP contribution in [0.15, 0.2) is 42.6 Å². The van der Waals surface area contributed by atoms with Gasteiger partial charge >= 0.3 is 6.18 Å². The minimum atomic E-state index is -4.46. The Kier molecular flexibility index (Phi) is 5.09. The fourth-order valence-electron chi connectivity index (χ4n) is 2.74.